The van der Waals surface area contributed by atoms with Crippen LogP contribution in [0.1, 0.15) is 39.1 Å². The first kappa shape index (κ1) is 25.7. The van der Waals surface area contributed by atoms with Gasteiger partial charge in [-0.3, -0.25) is 5.32 Å². The Kier molecular flexibility index (Phi) is 10.6. The van der Waals surface area contributed by atoms with Crippen molar-refractivity contribution in [2.75, 3.05) is 18.4 Å². The molecule has 1 aromatic heterocycles. The van der Waals surface area contributed by atoms with E-state index in [4.69, 9.17) is 4.74 Å². The third-order valence-corrected chi connectivity index (χ3v) is 3.83. The molecule has 0 bridgehead atoms. The van der Waals surface area contributed by atoms with Crippen molar-refractivity contribution in [3.8, 4) is 0 Å². The van der Waals surface area contributed by atoms with Crippen molar-refractivity contribution in [1.82, 2.24) is 25.4 Å². The van der Waals surface area contributed by atoms with Gasteiger partial charge in [-0.1, -0.05) is 12.1 Å². The molecule has 166 valence electrons. The molecule has 0 aliphatic heterocycles. The Bertz CT molecular complexity index is 813. The number of nitrogens with one attached hydrogen (secondary N) is 3. The second-order valence-corrected chi connectivity index (χ2v) is 7.55. The van der Waals surface area contributed by atoms with Gasteiger partial charge < -0.3 is 19.9 Å². The van der Waals surface area contributed by atoms with Crippen LogP contribution in [0, 0.1) is 0 Å². The third-order valence-electron chi connectivity index (χ3n) is 3.83. The zero-order valence-electron chi connectivity index (χ0n) is 18.2. The topological polar surface area (TPSA) is 105 Å². The van der Waals surface area contributed by atoms with E-state index in [9.17, 15) is 4.79 Å². The Morgan fingerprint density at radius 2 is 1.90 bits per heavy atom. The summed E-state index contributed by atoms with van der Waals surface area (Å²) in [6.45, 7) is 9.48. The highest BCUT2D eigenvalue weighted by Crippen LogP contribution is 2.13. The van der Waals surface area contributed by atoms with Crippen LogP contribution in [0.5, 0.6) is 0 Å². The van der Waals surface area contributed by atoms with E-state index in [0.717, 1.165) is 36.9 Å². The summed E-state index contributed by atoms with van der Waals surface area (Å²) in [4.78, 5) is 16.3. The molecule has 1 heterocycles. The molecular formula is C20H32IN7O2. The van der Waals surface area contributed by atoms with Crippen LogP contribution in [0.15, 0.2) is 35.6 Å². The summed E-state index contributed by atoms with van der Waals surface area (Å²) in [6, 6.07) is 7.70. The van der Waals surface area contributed by atoms with Gasteiger partial charge in [0.2, 0.25) is 0 Å². The van der Waals surface area contributed by atoms with Gasteiger partial charge in [-0.05, 0) is 51.8 Å². The van der Waals surface area contributed by atoms with Crippen LogP contribution in [-0.4, -0.2) is 45.5 Å². The summed E-state index contributed by atoms with van der Waals surface area (Å²) in [7, 11) is 1.90. The van der Waals surface area contributed by atoms with Crippen molar-refractivity contribution in [2.45, 2.75) is 46.3 Å². The summed E-state index contributed by atoms with van der Waals surface area (Å²) < 4.78 is 7.10. The second-order valence-electron chi connectivity index (χ2n) is 7.55. The fraction of sp³-hybridized carbons (Fsp3) is 0.500. The number of rotatable bonds is 7. The van der Waals surface area contributed by atoms with E-state index in [0.29, 0.717) is 12.2 Å². The number of aromatic nitrogens is 3. The van der Waals surface area contributed by atoms with Crippen LogP contribution < -0.4 is 16.0 Å². The highest BCUT2D eigenvalue weighted by molar-refractivity contribution is 14.0. The number of aliphatic imine (C=N–C) groups is 1. The van der Waals surface area contributed by atoms with E-state index in [2.05, 4.69) is 31.1 Å². The number of hydrogen-bond donors (Lipinski definition) is 3. The lowest BCUT2D eigenvalue weighted by molar-refractivity contribution is 0.0636. The first-order chi connectivity index (χ1) is 13.8. The zero-order chi connectivity index (χ0) is 21.3. The van der Waals surface area contributed by atoms with Crippen molar-refractivity contribution in [3.63, 3.8) is 0 Å². The summed E-state index contributed by atoms with van der Waals surface area (Å²) in [5.41, 5.74) is 1.33. The lowest BCUT2D eigenvalue weighted by Gasteiger charge is -2.19. The predicted molar refractivity (Wildman–Crippen MR) is 129 cm³/mol. The molecule has 0 aliphatic carbocycles. The molecule has 0 spiro atoms. The number of benzene rings is 1. The molecule has 30 heavy (non-hydrogen) atoms. The van der Waals surface area contributed by atoms with Crippen molar-refractivity contribution >= 4 is 41.7 Å². The second kappa shape index (κ2) is 12.4. The number of amides is 1. The minimum atomic E-state index is -0.520. The lowest BCUT2D eigenvalue weighted by Crippen LogP contribution is -2.38. The van der Waals surface area contributed by atoms with Gasteiger partial charge in [0, 0.05) is 25.8 Å². The molecule has 0 radical (unpaired) electrons. The minimum Gasteiger partial charge on any atom is -0.444 e. The molecule has 10 heteroatoms. The number of guanidine groups is 1. The van der Waals surface area contributed by atoms with Crippen LogP contribution in [-0.2, 0) is 24.8 Å². The van der Waals surface area contributed by atoms with Crippen LogP contribution >= 0.6 is 24.0 Å². The molecule has 0 saturated carbocycles. The van der Waals surface area contributed by atoms with E-state index in [1.54, 1.807) is 6.33 Å². The summed E-state index contributed by atoms with van der Waals surface area (Å²) in [5.74, 6) is 1.54. The van der Waals surface area contributed by atoms with E-state index in [1.807, 2.05) is 63.6 Å². The fourth-order valence-electron chi connectivity index (χ4n) is 2.44. The van der Waals surface area contributed by atoms with Gasteiger partial charge in [0.05, 0.1) is 0 Å². The number of hydrogen-bond acceptors (Lipinski definition) is 5. The molecule has 9 nitrogen and oxygen atoms in total. The lowest BCUT2D eigenvalue weighted by atomic mass is 10.1. The van der Waals surface area contributed by atoms with Crippen molar-refractivity contribution in [1.29, 1.82) is 0 Å². The molecule has 3 N–H and O–H groups in total. The minimum absolute atomic E-state index is 0. The van der Waals surface area contributed by atoms with Crippen LogP contribution in [0.2, 0.25) is 0 Å². The Hall–Kier alpha value is -2.37. The quantitative estimate of drug-likeness (QED) is 0.289. The van der Waals surface area contributed by atoms with E-state index in [-0.39, 0.29) is 24.0 Å². The van der Waals surface area contributed by atoms with Gasteiger partial charge in [0.25, 0.3) is 0 Å². The molecular weight excluding hydrogens is 497 g/mol. The zero-order valence-corrected chi connectivity index (χ0v) is 20.6. The first-order valence-electron chi connectivity index (χ1n) is 9.71. The number of anilines is 1. The number of nitrogens with zero attached hydrogens (tertiary/aromatic N) is 4. The van der Waals surface area contributed by atoms with Gasteiger partial charge in [-0.2, -0.15) is 0 Å². The summed E-state index contributed by atoms with van der Waals surface area (Å²) in [6.07, 6.45) is 2.02. The van der Waals surface area contributed by atoms with Crippen molar-refractivity contribution in [2.24, 2.45) is 12.0 Å². The number of carbonyl (C=O) groups is 1. The van der Waals surface area contributed by atoms with Crippen LogP contribution in [0.3, 0.4) is 0 Å². The smallest absolute Gasteiger partial charge is 0.412 e. The average molecular weight is 529 g/mol. The van der Waals surface area contributed by atoms with Crippen molar-refractivity contribution in [3.05, 3.63) is 42.0 Å². The largest absolute Gasteiger partial charge is 0.444 e. The van der Waals surface area contributed by atoms with Crippen LogP contribution in [0.4, 0.5) is 10.5 Å². The number of ether oxygens (including phenoxy) is 1. The average Bonchev–Trinajstić information content (AvgIpc) is 3.04. The fourth-order valence-corrected chi connectivity index (χ4v) is 2.44. The Morgan fingerprint density at radius 3 is 2.47 bits per heavy atom. The SMILES string of the molecule is CCNC(=NCc1nncn1C)NCCc1ccc(NC(=O)OC(C)(C)C)cc1.I. The number of carbonyl (C=O) groups excluding carboxylic acids is 1. The Balaban J connectivity index is 0.00000450. The highest BCUT2D eigenvalue weighted by atomic mass is 127. The van der Waals surface area contributed by atoms with Gasteiger partial charge in [-0.25, -0.2) is 9.79 Å². The number of aryl methyl sites for hydroxylation is 1. The number of halogens is 1. The summed E-state index contributed by atoms with van der Waals surface area (Å²) >= 11 is 0. The highest BCUT2D eigenvalue weighted by Gasteiger charge is 2.16. The standard InChI is InChI=1S/C20H31N7O2.HI/c1-6-21-18(23-13-17-26-24-14-27(17)5)22-12-11-15-7-9-16(10-8-15)25-19(28)29-20(2,3)4;/h7-10,14H,6,11-13H2,1-5H3,(H,25,28)(H2,21,22,23);1H. The maximum Gasteiger partial charge on any atom is 0.412 e. The Morgan fingerprint density at radius 1 is 1.20 bits per heavy atom. The predicted octanol–water partition coefficient (Wildman–Crippen LogP) is 3.08. The van der Waals surface area contributed by atoms with Gasteiger partial charge in [0.15, 0.2) is 11.8 Å². The molecule has 1 amide bonds. The summed E-state index contributed by atoms with van der Waals surface area (Å²) in [5, 5.41) is 17.2. The molecule has 2 rings (SSSR count). The monoisotopic (exact) mass is 529 g/mol. The third kappa shape index (κ3) is 9.42. The molecule has 2 aromatic rings. The first-order valence-corrected chi connectivity index (χ1v) is 9.71. The maximum atomic E-state index is 11.8. The molecule has 0 fully saturated rings. The van der Waals surface area contributed by atoms with Crippen molar-refractivity contribution < 1.29 is 9.53 Å². The maximum absolute atomic E-state index is 11.8. The molecule has 0 aliphatic rings. The normalized spacial score (nSPS) is 11.4. The van der Waals surface area contributed by atoms with E-state index in [1.165, 1.54) is 0 Å². The van der Waals surface area contributed by atoms with Gasteiger partial charge in [-0.15, -0.1) is 34.2 Å². The van der Waals surface area contributed by atoms with E-state index >= 15 is 0 Å². The van der Waals surface area contributed by atoms with E-state index < -0.39 is 11.7 Å². The molecule has 0 unspecified atom stereocenters. The molecule has 0 atom stereocenters. The Labute approximate surface area is 195 Å². The van der Waals surface area contributed by atoms with Gasteiger partial charge >= 0.3 is 6.09 Å². The molecule has 1 aromatic carbocycles. The molecule has 0 saturated heterocycles. The van der Waals surface area contributed by atoms with Gasteiger partial charge in [0.1, 0.15) is 18.5 Å². The van der Waals surface area contributed by atoms with Crippen LogP contribution in [0.25, 0.3) is 0 Å².